The first-order valence-electron chi connectivity index (χ1n) is 5.30. The van der Waals surface area contributed by atoms with E-state index in [1.165, 1.54) is 6.92 Å². The van der Waals surface area contributed by atoms with E-state index in [0.29, 0.717) is 0 Å². The van der Waals surface area contributed by atoms with Gasteiger partial charge in [0.15, 0.2) is 0 Å². The molecule has 0 radical (unpaired) electrons. The minimum atomic E-state index is -0.0317. The van der Waals surface area contributed by atoms with Gasteiger partial charge in [-0.05, 0) is 26.0 Å². The molecule has 1 N–H and O–H groups in total. The van der Waals surface area contributed by atoms with Crippen molar-refractivity contribution in [3.63, 3.8) is 0 Å². The van der Waals surface area contributed by atoms with Gasteiger partial charge in [-0.3, -0.25) is 9.78 Å². The zero-order chi connectivity index (χ0) is 11.8. The van der Waals surface area contributed by atoms with E-state index in [1.54, 1.807) is 0 Å². The molecule has 1 unspecified atom stereocenters. The number of aryl methyl sites for hydroxylation is 1. The zero-order valence-corrected chi connectivity index (χ0v) is 10.2. The van der Waals surface area contributed by atoms with E-state index in [9.17, 15) is 4.79 Å². The van der Waals surface area contributed by atoms with Gasteiger partial charge in [0.1, 0.15) is 0 Å². The van der Waals surface area contributed by atoms with Gasteiger partial charge < -0.3 is 5.32 Å². The van der Waals surface area contributed by atoms with Crippen molar-refractivity contribution >= 4 is 5.91 Å². The predicted molar refractivity (Wildman–Crippen MR) is 62.6 cm³/mol. The van der Waals surface area contributed by atoms with E-state index in [2.05, 4.69) is 10.3 Å². The largest absolute Gasteiger partial charge is 0.348 e. The summed E-state index contributed by atoms with van der Waals surface area (Å²) in [5.41, 5.74) is 1.87. The van der Waals surface area contributed by atoms with Crippen molar-refractivity contribution in [2.75, 3.05) is 0 Å². The lowest BCUT2D eigenvalue weighted by Crippen LogP contribution is -2.24. The van der Waals surface area contributed by atoms with Crippen LogP contribution >= 0.6 is 0 Å². The summed E-state index contributed by atoms with van der Waals surface area (Å²) in [5, 5.41) is 2.78. The van der Waals surface area contributed by atoms with Crippen molar-refractivity contribution in [3.8, 4) is 0 Å². The Morgan fingerprint density at radius 3 is 2.47 bits per heavy atom. The van der Waals surface area contributed by atoms with Gasteiger partial charge >= 0.3 is 0 Å². The second-order valence-corrected chi connectivity index (χ2v) is 3.13. The van der Waals surface area contributed by atoms with Crippen molar-refractivity contribution in [2.24, 2.45) is 0 Å². The van der Waals surface area contributed by atoms with E-state index in [-0.39, 0.29) is 11.9 Å². The fourth-order valence-electron chi connectivity index (χ4n) is 1.18. The summed E-state index contributed by atoms with van der Waals surface area (Å²) >= 11 is 0. The Labute approximate surface area is 91.9 Å². The van der Waals surface area contributed by atoms with Crippen LogP contribution in [0.25, 0.3) is 0 Å². The third-order valence-corrected chi connectivity index (χ3v) is 1.77. The van der Waals surface area contributed by atoms with Crippen LogP contribution in [0.3, 0.4) is 0 Å². The van der Waals surface area contributed by atoms with Crippen LogP contribution in [-0.4, -0.2) is 10.9 Å². The van der Waals surface area contributed by atoms with Gasteiger partial charge in [0.05, 0.1) is 11.7 Å². The maximum absolute atomic E-state index is 10.8. The summed E-state index contributed by atoms with van der Waals surface area (Å²) in [5.74, 6) is -0.0317. The van der Waals surface area contributed by atoms with Gasteiger partial charge in [-0.2, -0.15) is 0 Å². The molecule has 1 amide bonds. The van der Waals surface area contributed by atoms with Gasteiger partial charge in [-0.15, -0.1) is 0 Å². The van der Waals surface area contributed by atoms with Crippen molar-refractivity contribution in [2.45, 2.75) is 40.7 Å². The molecule has 0 aromatic carbocycles. The molecule has 3 heteroatoms. The summed E-state index contributed by atoms with van der Waals surface area (Å²) in [4.78, 5) is 15.1. The number of nitrogens with one attached hydrogen (secondary N) is 1. The third-order valence-electron chi connectivity index (χ3n) is 1.77. The quantitative estimate of drug-likeness (QED) is 0.811. The number of hydrogen-bond donors (Lipinski definition) is 1. The highest BCUT2D eigenvalue weighted by Gasteiger charge is 2.06. The Balaban J connectivity index is 0.000000921. The van der Waals surface area contributed by atoms with Gasteiger partial charge in [-0.25, -0.2) is 0 Å². The fourth-order valence-corrected chi connectivity index (χ4v) is 1.18. The Morgan fingerprint density at radius 2 is 2.00 bits per heavy atom. The number of amides is 1. The maximum Gasteiger partial charge on any atom is 0.217 e. The third kappa shape index (κ3) is 5.15. The SMILES string of the molecule is CC.CC(=O)NC(C)c1cccc(C)n1. The Morgan fingerprint density at radius 1 is 1.40 bits per heavy atom. The smallest absolute Gasteiger partial charge is 0.217 e. The first-order valence-corrected chi connectivity index (χ1v) is 5.30. The van der Waals surface area contributed by atoms with Crippen LogP contribution < -0.4 is 5.32 Å². The molecule has 0 aliphatic carbocycles. The monoisotopic (exact) mass is 208 g/mol. The number of carbonyl (C=O) groups excluding carboxylic acids is 1. The number of rotatable bonds is 2. The second-order valence-electron chi connectivity index (χ2n) is 3.13. The molecular formula is C12H20N2O. The highest BCUT2D eigenvalue weighted by Crippen LogP contribution is 2.08. The van der Waals surface area contributed by atoms with Crippen LogP contribution in [0.15, 0.2) is 18.2 Å². The average molecular weight is 208 g/mol. The predicted octanol–water partition coefficient (Wildman–Crippen LogP) is 2.61. The van der Waals surface area contributed by atoms with Crippen LogP contribution in [0, 0.1) is 6.92 Å². The first-order chi connectivity index (χ1) is 7.09. The number of pyridine rings is 1. The fraction of sp³-hybridized carbons (Fsp3) is 0.500. The van der Waals surface area contributed by atoms with Crippen LogP contribution in [-0.2, 0) is 4.79 Å². The van der Waals surface area contributed by atoms with Crippen molar-refractivity contribution < 1.29 is 4.79 Å². The molecule has 0 saturated heterocycles. The number of aromatic nitrogens is 1. The summed E-state index contributed by atoms with van der Waals surface area (Å²) in [6, 6.07) is 5.77. The molecule has 0 aliphatic heterocycles. The minimum absolute atomic E-state index is 0.0163. The minimum Gasteiger partial charge on any atom is -0.348 e. The molecule has 1 atom stereocenters. The lowest BCUT2D eigenvalue weighted by atomic mass is 10.2. The summed E-state index contributed by atoms with van der Waals surface area (Å²) in [7, 11) is 0. The Kier molecular flexibility index (Phi) is 6.34. The summed E-state index contributed by atoms with van der Waals surface area (Å²) in [6.45, 7) is 9.36. The lowest BCUT2D eigenvalue weighted by Gasteiger charge is -2.11. The summed E-state index contributed by atoms with van der Waals surface area (Å²) in [6.07, 6.45) is 0. The molecule has 0 saturated carbocycles. The van der Waals surface area contributed by atoms with Crippen molar-refractivity contribution in [1.82, 2.24) is 10.3 Å². The topological polar surface area (TPSA) is 42.0 Å². The molecule has 1 aromatic heterocycles. The average Bonchev–Trinajstić information content (AvgIpc) is 2.20. The molecular weight excluding hydrogens is 188 g/mol. The first kappa shape index (κ1) is 13.6. The number of hydrogen-bond acceptors (Lipinski definition) is 2. The molecule has 0 aliphatic rings. The lowest BCUT2D eigenvalue weighted by molar-refractivity contribution is -0.119. The van der Waals surface area contributed by atoms with Crippen molar-refractivity contribution in [1.29, 1.82) is 0 Å². The van der Waals surface area contributed by atoms with Crippen LogP contribution in [0.5, 0.6) is 0 Å². The van der Waals surface area contributed by atoms with Crippen LogP contribution in [0.1, 0.15) is 45.1 Å². The molecule has 1 heterocycles. The van der Waals surface area contributed by atoms with E-state index in [1.807, 2.05) is 45.9 Å². The Bertz CT molecular complexity index is 310. The van der Waals surface area contributed by atoms with Gasteiger partial charge in [0.2, 0.25) is 5.91 Å². The standard InChI is InChI=1S/C10H14N2O.C2H6/c1-7-5-4-6-10(11-7)8(2)12-9(3)13;1-2/h4-6,8H,1-3H3,(H,12,13);1-2H3. The highest BCUT2D eigenvalue weighted by molar-refractivity contribution is 5.73. The second kappa shape index (κ2) is 6.98. The van der Waals surface area contributed by atoms with E-state index in [4.69, 9.17) is 0 Å². The molecule has 1 rings (SSSR count). The van der Waals surface area contributed by atoms with Crippen molar-refractivity contribution in [3.05, 3.63) is 29.6 Å². The van der Waals surface area contributed by atoms with Crippen LogP contribution in [0.4, 0.5) is 0 Å². The zero-order valence-electron chi connectivity index (χ0n) is 10.2. The molecule has 0 bridgehead atoms. The van der Waals surface area contributed by atoms with Gasteiger partial charge in [-0.1, -0.05) is 19.9 Å². The Hall–Kier alpha value is -1.38. The van der Waals surface area contributed by atoms with E-state index >= 15 is 0 Å². The molecule has 1 aromatic rings. The number of carbonyl (C=O) groups is 1. The highest BCUT2D eigenvalue weighted by atomic mass is 16.1. The molecule has 15 heavy (non-hydrogen) atoms. The molecule has 0 spiro atoms. The number of nitrogens with zero attached hydrogens (tertiary/aromatic N) is 1. The van der Waals surface area contributed by atoms with Gasteiger partial charge in [0.25, 0.3) is 0 Å². The maximum atomic E-state index is 10.8. The van der Waals surface area contributed by atoms with Gasteiger partial charge in [0, 0.05) is 12.6 Å². The summed E-state index contributed by atoms with van der Waals surface area (Å²) < 4.78 is 0. The molecule has 0 fully saturated rings. The van der Waals surface area contributed by atoms with E-state index < -0.39 is 0 Å². The van der Waals surface area contributed by atoms with E-state index in [0.717, 1.165) is 11.4 Å². The van der Waals surface area contributed by atoms with Crippen LogP contribution in [0.2, 0.25) is 0 Å². The molecule has 3 nitrogen and oxygen atoms in total. The normalized spacial score (nSPS) is 11.0. The molecule has 84 valence electrons.